The maximum Gasteiger partial charge on any atom is 0.120 e. The van der Waals surface area contributed by atoms with E-state index in [0.717, 1.165) is 49.9 Å². The molecule has 0 N–H and O–H groups in total. The molecule has 0 aliphatic heterocycles. The smallest absolute Gasteiger partial charge is 0.120 e. The number of furan rings is 1. The molecular weight excluding hydrogens is 784 g/mol. The molecule has 0 bridgehead atoms. The summed E-state index contributed by atoms with van der Waals surface area (Å²) in [5, 5.41) is 2.22. The number of pyridine rings is 2. The van der Waals surface area contributed by atoms with E-state index < -0.39 is 0 Å². The number of hydrogen-bond donors (Lipinski definition) is 0. The number of nitrogens with zero attached hydrogens (tertiary/aromatic N) is 2. The Morgan fingerprint density at radius 1 is 0.653 bits per heavy atom. The third-order valence-electron chi connectivity index (χ3n) is 8.66. The first-order valence-corrected chi connectivity index (χ1v) is 16.0. The van der Waals surface area contributed by atoms with Crippen molar-refractivity contribution in [1.82, 2.24) is 9.97 Å². The van der Waals surface area contributed by atoms with Gasteiger partial charge in [-0.2, -0.15) is 0 Å². The first kappa shape index (κ1) is 33.7. The van der Waals surface area contributed by atoms with Crippen LogP contribution in [0.5, 0.6) is 0 Å². The molecule has 5 heteroatoms. The molecule has 0 spiro atoms. The Labute approximate surface area is 299 Å². The minimum absolute atomic E-state index is 0. The van der Waals surface area contributed by atoms with Crippen LogP contribution in [0.4, 0.5) is 4.39 Å². The summed E-state index contributed by atoms with van der Waals surface area (Å²) >= 11 is 0. The molecule has 0 fully saturated rings. The van der Waals surface area contributed by atoms with E-state index in [0.29, 0.717) is 11.3 Å². The third kappa shape index (κ3) is 7.29. The molecule has 0 amide bonds. The second-order valence-corrected chi connectivity index (χ2v) is 12.0. The van der Waals surface area contributed by atoms with Gasteiger partial charge in [-0.05, 0) is 46.6 Å². The van der Waals surface area contributed by atoms with Gasteiger partial charge in [0.1, 0.15) is 5.58 Å². The molecular formula is C44H33FIrN2O-2. The second kappa shape index (κ2) is 14.9. The van der Waals surface area contributed by atoms with Gasteiger partial charge in [0.15, 0.2) is 0 Å². The number of aryl methyl sites for hydroxylation is 2. The zero-order valence-electron chi connectivity index (χ0n) is 27.4. The van der Waals surface area contributed by atoms with Gasteiger partial charge in [0, 0.05) is 55.2 Å². The van der Waals surface area contributed by atoms with Crippen molar-refractivity contribution in [2.24, 2.45) is 0 Å². The Balaban J connectivity index is 0.000000169. The summed E-state index contributed by atoms with van der Waals surface area (Å²) in [5.74, 6) is -0.0223. The normalized spacial score (nSPS) is 11.4. The summed E-state index contributed by atoms with van der Waals surface area (Å²) in [6.07, 6.45) is 3.77. The monoisotopic (exact) mass is 817 g/mol. The number of hydrogen-bond acceptors (Lipinski definition) is 3. The minimum Gasteiger partial charge on any atom is -0.500 e. The van der Waals surface area contributed by atoms with Crippen LogP contribution in [0.3, 0.4) is 0 Å². The van der Waals surface area contributed by atoms with Gasteiger partial charge < -0.3 is 14.4 Å². The zero-order chi connectivity index (χ0) is 33.0. The van der Waals surface area contributed by atoms with Crippen LogP contribution in [0.1, 0.15) is 35.1 Å². The number of fused-ring (bicyclic) bond motifs is 3. The van der Waals surface area contributed by atoms with E-state index >= 15 is 0 Å². The van der Waals surface area contributed by atoms with Gasteiger partial charge >= 0.3 is 0 Å². The van der Waals surface area contributed by atoms with E-state index in [1.54, 1.807) is 6.07 Å². The van der Waals surface area contributed by atoms with Crippen LogP contribution in [0.15, 0.2) is 144 Å². The van der Waals surface area contributed by atoms with Gasteiger partial charge in [-0.25, -0.2) is 0 Å². The van der Waals surface area contributed by atoms with E-state index in [2.05, 4.69) is 85.6 Å². The first-order chi connectivity index (χ1) is 23.4. The molecule has 0 aliphatic rings. The fourth-order valence-corrected chi connectivity index (χ4v) is 5.95. The third-order valence-corrected chi connectivity index (χ3v) is 8.66. The van der Waals surface area contributed by atoms with Crippen LogP contribution < -0.4 is 0 Å². The second-order valence-electron chi connectivity index (χ2n) is 12.0. The van der Waals surface area contributed by atoms with Gasteiger partial charge in [0.2, 0.25) is 0 Å². The van der Waals surface area contributed by atoms with Crippen LogP contribution in [0.2, 0.25) is 0 Å². The van der Waals surface area contributed by atoms with E-state index in [4.69, 9.17) is 9.40 Å². The minimum atomic E-state index is -0.281. The predicted molar refractivity (Wildman–Crippen MR) is 193 cm³/mol. The van der Waals surface area contributed by atoms with Crippen molar-refractivity contribution in [3.8, 4) is 33.6 Å². The van der Waals surface area contributed by atoms with E-state index in [-0.39, 0.29) is 31.8 Å². The average molecular weight is 817 g/mol. The Bertz CT molecular complexity index is 2330. The molecule has 49 heavy (non-hydrogen) atoms. The molecule has 243 valence electrons. The largest absolute Gasteiger partial charge is 0.500 e. The van der Waals surface area contributed by atoms with Crippen LogP contribution in [0.25, 0.3) is 55.6 Å². The van der Waals surface area contributed by atoms with Gasteiger partial charge in [-0.1, -0.05) is 122 Å². The Kier molecular flexibility index (Phi) is 10.2. The van der Waals surface area contributed by atoms with E-state index in [1.165, 1.54) is 22.8 Å². The fraction of sp³-hybridized carbons (Fsp3) is 0.0909. The molecule has 0 saturated carbocycles. The molecule has 1 atom stereocenters. The van der Waals surface area contributed by atoms with Crippen molar-refractivity contribution in [2.75, 3.05) is 0 Å². The summed E-state index contributed by atoms with van der Waals surface area (Å²) in [6, 6.07) is 48.3. The SMILES string of the molecule is Cc1c[c-]c(-c2ccc(C(C)c3ccccc3)cn2)c(F)c1.Cc1cc(-c2[c-]cc3oc4ccccc4c3c2)ncc1-c1ccccc1.[Ir]. The van der Waals surface area contributed by atoms with Crippen molar-refractivity contribution in [3.05, 3.63) is 180 Å². The molecule has 5 aromatic carbocycles. The van der Waals surface area contributed by atoms with Crippen molar-refractivity contribution < 1.29 is 28.9 Å². The molecule has 3 nitrogen and oxygen atoms in total. The topological polar surface area (TPSA) is 38.9 Å². The van der Waals surface area contributed by atoms with Crippen LogP contribution in [-0.4, -0.2) is 9.97 Å². The average Bonchev–Trinajstić information content (AvgIpc) is 3.50. The maximum atomic E-state index is 14.0. The maximum absolute atomic E-state index is 14.0. The van der Waals surface area contributed by atoms with Crippen LogP contribution >= 0.6 is 0 Å². The quantitative estimate of drug-likeness (QED) is 0.162. The molecule has 1 unspecified atom stereocenters. The molecule has 3 aromatic heterocycles. The predicted octanol–water partition coefficient (Wildman–Crippen LogP) is 11.6. The van der Waals surface area contributed by atoms with Gasteiger partial charge in [0.25, 0.3) is 0 Å². The summed E-state index contributed by atoms with van der Waals surface area (Å²) < 4.78 is 19.9. The van der Waals surface area contributed by atoms with Crippen molar-refractivity contribution in [2.45, 2.75) is 26.7 Å². The summed E-state index contributed by atoms with van der Waals surface area (Å²) in [7, 11) is 0. The summed E-state index contributed by atoms with van der Waals surface area (Å²) in [6.45, 7) is 6.12. The molecule has 0 saturated heterocycles. The summed E-state index contributed by atoms with van der Waals surface area (Å²) in [4.78, 5) is 9.11. The molecule has 3 heterocycles. The van der Waals surface area contributed by atoms with Crippen LogP contribution in [0, 0.1) is 31.8 Å². The number of para-hydroxylation sites is 1. The number of rotatable bonds is 5. The number of benzene rings is 5. The van der Waals surface area contributed by atoms with Gasteiger partial charge in [-0.3, -0.25) is 4.39 Å². The van der Waals surface area contributed by atoms with Gasteiger partial charge in [0.05, 0.1) is 5.58 Å². The fourth-order valence-electron chi connectivity index (χ4n) is 5.95. The van der Waals surface area contributed by atoms with Gasteiger partial charge in [-0.15, -0.1) is 47.5 Å². The van der Waals surface area contributed by atoms with Crippen LogP contribution in [-0.2, 0) is 20.1 Å². The standard InChI is InChI=1S/C24H16NO.C20H17FN.Ir/c1-16-13-22(25-15-21(16)17-7-3-2-4-8-17)18-11-12-24-20(14-18)19-9-5-6-10-23(19)26-24;1-14-8-10-18(19(21)12-14)20-11-9-17(13-22-20)15(2)16-6-4-3-5-7-16;/h2-10,12-15H,1H3;3-9,11-13,15H,1-2H3;/q2*-1;. The molecule has 1 radical (unpaired) electrons. The zero-order valence-corrected chi connectivity index (χ0v) is 29.8. The van der Waals surface area contributed by atoms with Crippen molar-refractivity contribution in [3.63, 3.8) is 0 Å². The number of halogens is 1. The Morgan fingerprint density at radius 2 is 1.37 bits per heavy atom. The first-order valence-electron chi connectivity index (χ1n) is 16.0. The number of aromatic nitrogens is 2. The van der Waals surface area contributed by atoms with Crippen molar-refractivity contribution in [1.29, 1.82) is 0 Å². The summed E-state index contributed by atoms with van der Waals surface area (Å²) in [5.41, 5.74) is 11.4. The Morgan fingerprint density at radius 3 is 2.08 bits per heavy atom. The van der Waals surface area contributed by atoms with Crippen molar-refractivity contribution >= 4 is 21.9 Å². The molecule has 8 rings (SSSR count). The van der Waals surface area contributed by atoms with E-state index in [9.17, 15) is 4.39 Å². The van der Waals surface area contributed by atoms with E-state index in [1.807, 2.05) is 80.0 Å². The molecule has 0 aliphatic carbocycles. The Hall–Kier alpha value is -5.22. The molecule has 8 aromatic rings.